The number of benzene rings is 2. The van der Waals surface area contributed by atoms with Gasteiger partial charge in [-0.25, -0.2) is 8.78 Å². The lowest BCUT2D eigenvalue weighted by atomic mass is 9.93. The van der Waals surface area contributed by atoms with E-state index < -0.39 is 0 Å². The summed E-state index contributed by atoms with van der Waals surface area (Å²) in [6.45, 7) is 1.91. The summed E-state index contributed by atoms with van der Waals surface area (Å²) in [6.07, 6.45) is 0. The number of hydrogen-bond acceptors (Lipinski definition) is 0. The third-order valence-electron chi connectivity index (χ3n) is 2.74. The van der Waals surface area contributed by atoms with Crippen LogP contribution in [-0.4, -0.2) is 0 Å². The highest BCUT2D eigenvalue weighted by Crippen LogP contribution is 2.25. The van der Waals surface area contributed by atoms with Crippen LogP contribution in [0.5, 0.6) is 0 Å². The second-order valence-corrected chi connectivity index (χ2v) is 3.79. The highest BCUT2D eigenvalue weighted by molar-refractivity contribution is 5.32. The summed E-state index contributed by atoms with van der Waals surface area (Å²) in [6, 6.07) is 12.8. The van der Waals surface area contributed by atoms with E-state index in [0.717, 1.165) is 5.56 Å². The summed E-state index contributed by atoms with van der Waals surface area (Å²) in [5.74, 6) is -0.564. The summed E-state index contributed by atoms with van der Waals surface area (Å²) in [7, 11) is 0. The molecule has 1 atom stereocenters. The molecule has 2 aromatic rings. The minimum atomic E-state index is -0.274. The van der Waals surface area contributed by atoms with Crippen LogP contribution in [0.25, 0.3) is 0 Å². The van der Waals surface area contributed by atoms with Crippen LogP contribution in [0.4, 0.5) is 8.78 Å². The van der Waals surface area contributed by atoms with E-state index in [0.29, 0.717) is 5.56 Å². The molecule has 0 saturated carbocycles. The van der Waals surface area contributed by atoms with Crippen molar-refractivity contribution < 1.29 is 8.78 Å². The fourth-order valence-electron chi connectivity index (χ4n) is 1.76. The number of halogens is 2. The molecule has 0 radical (unpaired) electrons. The van der Waals surface area contributed by atoms with Gasteiger partial charge in [0.1, 0.15) is 11.6 Å². The average molecular weight is 218 g/mol. The van der Waals surface area contributed by atoms with Crippen LogP contribution < -0.4 is 0 Å². The molecule has 2 aromatic carbocycles. The maximum absolute atomic E-state index is 13.5. The van der Waals surface area contributed by atoms with E-state index >= 15 is 0 Å². The average Bonchev–Trinajstić information content (AvgIpc) is 2.30. The maximum Gasteiger partial charge on any atom is 0.127 e. The van der Waals surface area contributed by atoms with Gasteiger partial charge < -0.3 is 0 Å². The van der Waals surface area contributed by atoms with Gasteiger partial charge in [0.15, 0.2) is 0 Å². The van der Waals surface area contributed by atoms with Crippen LogP contribution in [0.2, 0.25) is 0 Å². The molecule has 0 aliphatic carbocycles. The second kappa shape index (κ2) is 4.44. The van der Waals surface area contributed by atoms with E-state index in [1.807, 2.05) is 6.92 Å². The van der Waals surface area contributed by atoms with Gasteiger partial charge in [0, 0.05) is 5.92 Å². The SMILES string of the molecule is CC(c1ccc(F)cc1)c1ccccc1F. The summed E-state index contributed by atoms with van der Waals surface area (Å²) in [5.41, 5.74) is 1.54. The van der Waals surface area contributed by atoms with E-state index in [-0.39, 0.29) is 17.6 Å². The van der Waals surface area contributed by atoms with Crippen molar-refractivity contribution in [2.45, 2.75) is 12.8 Å². The quantitative estimate of drug-likeness (QED) is 0.711. The molecule has 0 bridgehead atoms. The Morgan fingerprint density at radius 2 is 1.50 bits per heavy atom. The van der Waals surface area contributed by atoms with Crippen LogP contribution in [0.1, 0.15) is 24.0 Å². The van der Waals surface area contributed by atoms with Gasteiger partial charge in [-0.3, -0.25) is 0 Å². The number of hydrogen-bond donors (Lipinski definition) is 0. The summed E-state index contributed by atoms with van der Waals surface area (Å²) < 4.78 is 26.3. The van der Waals surface area contributed by atoms with Gasteiger partial charge in [-0.2, -0.15) is 0 Å². The molecule has 0 aromatic heterocycles. The largest absolute Gasteiger partial charge is 0.207 e. The van der Waals surface area contributed by atoms with Crippen molar-refractivity contribution in [1.82, 2.24) is 0 Å². The third kappa shape index (κ3) is 2.11. The molecule has 0 N–H and O–H groups in total. The van der Waals surface area contributed by atoms with E-state index in [1.54, 1.807) is 30.3 Å². The summed E-state index contributed by atoms with van der Waals surface area (Å²) in [4.78, 5) is 0. The normalized spacial score (nSPS) is 12.4. The molecular weight excluding hydrogens is 206 g/mol. The van der Waals surface area contributed by atoms with Gasteiger partial charge in [-0.15, -0.1) is 0 Å². The Bertz CT molecular complexity index is 474. The minimum absolute atomic E-state index is 0.0678. The van der Waals surface area contributed by atoms with Gasteiger partial charge in [0.05, 0.1) is 0 Å². The van der Waals surface area contributed by atoms with Crippen LogP contribution in [0.3, 0.4) is 0 Å². The predicted molar refractivity (Wildman–Crippen MR) is 60.3 cm³/mol. The molecule has 0 heterocycles. The van der Waals surface area contributed by atoms with Crippen molar-refractivity contribution in [3.63, 3.8) is 0 Å². The van der Waals surface area contributed by atoms with Crippen molar-refractivity contribution in [2.24, 2.45) is 0 Å². The fraction of sp³-hybridized carbons (Fsp3) is 0.143. The standard InChI is InChI=1S/C14H12F2/c1-10(11-6-8-12(15)9-7-11)13-4-2-3-5-14(13)16/h2-10H,1H3. The molecule has 0 fully saturated rings. The van der Waals surface area contributed by atoms with Gasteiger partial charge in [0.25, 0.3) is 0 Å². The molecule has 0 nitrogen and oxygen atoms in total. The molecule has 82 valence electrons. The molecule has 0 spiro atoms. The second-order valence-electron chi connectivity index (χ2n) is 3.79. The fourth-order valence-corrected chi connectivity index (χ4v) is 1.76. The number of rotatable bonds is 2. The van der Waals surface area contributed by atoms with Gasteiger partial charge in [0.2, 0.25) is 0 Å². The van der Waals surface area contributed by atoms with E-state index in [2.05, 4.69) is 0 Å². The summed E-state index contributed by atoms with van der Waals surface area (Å²) in [5, 5.41) is 0. The lowest BCUT2D eigenvalue weighted by Gasteiger charge is -2.13. The van der Waals surface area contributed by atoms with Crippen molar-refractivity contribution >= 4 is 0 Å². The Kier molecular flexibility index (Phi) is 3.00. The minimum Gasteiger partial charge on any atom is -0.207 e. The molecule has 0 aliphatic heterocycles. The Morgan fingerprint density at radius 3 is 2.12 bits per heavy atom. The van der Waals surface area contributed by atoms with Crippen LogP contribution in [0, 0.1) is 11.6 Å². The van der Waals surface area contributed by atoms with Crippen LogP contribution >= 0.6 is 0 Å². The zero-order chi connectivity index (χ0) is 11.5. The molecule has 1 unspecified atom stereocenters. The predicted octanol–water partition coefficient (Wildman–Crippen LogP) is 4.12. The van der Waals surface area contributed by atoms with Crippen LogP contribution in [-0.2, 0) is 0 Å². The molecule has 0 aliphatic rings. The summed E-state index contributed by atoms with van der Waals surface area (Å²) >= 11 is 0. The zero-order valence-electron chi connectivity index (χ0n) is 8.95. The molecule has 2 heteroatoms. The monoisotopic (exact) mass is 218 g/mol. The van der Waals surface area contributed by atoms with Crippen molar-refractivity contribution in [1.29, 1.82) is 0 Å². The zero-order valence-corrected chi connectivity index (χ0v) is 8.95. The maximum atomic E-state index is 13.5. The first-order valence-electron chi connectivity index (χ1n) is 5.18. The van der Waals surface area contributed by atoms with Crippen molar-refractivity contribution in [2.75, 3.05) is 0 Å². The molecule has 0 amide bonds. The molecule has 0 saturated heterocycles. The Hall–Kier alpha value is -1.70. The topological polar surface area (TPSA) is 0 Å². The lowest BCUT2D eigenvalue weighted by Crippen LogP contribution is -1.99. The Labute approximate surface area is 93.5 Å². The van der Waals surface area contributed by atoms with Gasteiger partial charge >= 0.3 is 0 Å². The smallest absolute Gasteiger partial charge is 0.127 e. The van der Waals surface area contributed by atoms with E-state index in [1.165, 1.54) is 18.2 Å². The Morgan fingerprint density at radius 1 is 0.875 bits per heavy atom. The van der Waals surface area contributed by atoms with E-state index in [9.17, 15) is 8.78 Å². The molecule has 2 rings (SSSR count). The first kappa shape index (κ1) is 10.8. The van der Waals surface area contributed by atoms with Crippen molar-refractivity contribution in [3.05, 3.63) is 71.3 Å². The highest BCUT2D eigenvalue weighted by Gasteiger charge is 2.12. The van der Waals surface area contributed by atoms with Gasteiger partial charge in [-0.1, -0.05) is 37.3 Å². The lowest BCUT2D eigenvalue weighted by molar-refractivity contribution is 0.602. The molecule has 16 heavy (non-hydrogen) atoms. The molecular formula is C14H12F2. The van der Waals surface area contributed by atoms with Crippen LogP contribution in [0.15, 0.2) is 48.5 Å². The first-order chi connectivity index (χ1) is 7.68. The third-order valence-corrected chi connectivity index (χ3v) is 2.74. The first-order valence-corrected chi connectivity index (χ1v) is 5.18. The highest BCUT2D eigenvalue weighted by atomic mass is 19.1. The Balaban J connectivity index is 2.35. The van der Waals surface area contributed by atoms with Gasteiger partial charge in [-0.05, 0) is 29.3 Å². The van der Waals surface area contributed by atoms with E-state index in [4.69, 9.17) is 0 Å². The van der Waals surface area contributed by atoms with Crippen molar-refractivity contribution in [3.8, 4) is 0 Å².